The number of nitrogens with zero attached hydrogens (tertiary/aromatic N) is 2. The smallest absolute Gasteiger partial charge is 0.313 e. The number of alkyl halides is 3. The molecule has 4 nitrogen and oxygen atoms in total. The van der Waals surface area contributed by atoms with E-state index >= 15 is 0 Å². The Balaban J connectivity index is 2.32. The Morgan fingerprint density at radius 2 is 2.09 bits per heavy atom. The van der Waals surface area contributed by atoms with Crippen LogP contribution in [0.3, 0.4) is 0 Å². The largest absolute Gasteiger partial charge is 0.338 e. The van der Waals surface area contributed by atoms with E-state index in [1.165, 1.54) is 6.07 Å². The fourth-order valence-corrected chi connectivity index (χ4v) is 2.76. The van der Waals surface area contributed by atoms with Crippen molar-refractivity contribution in [3.63, 3.8) is 0 Å². The number of rotatable bonds is 4. The molecule has 0 fully saturated rings. The highest BCUT2D eigenvalue weighted by atomic mass is 127. The molecule has 2 rings (SSSR count). The molecule has 0 atom stereocenters. The van der Waals surface area contributed by atoms with Crippen molar-refractivity contribution in [3.05, 3.63) is 62.3 Å². The van der Waals surface area contributed by atoms with E-state index in [4.69, 9.17) is 16.9 Å². The van der Waals surface area contributed by atoms with Crippen LogP contribution in [0.25, 0.3) is 0 Å². The van der Waals surface area contributed by atoms with Crippen molar-refractivity contribution in [2.75, 3.05) is 0 Å². The summed E-state index contributed by atoms with van der Waals surface area (Å²) in [5.74, 6) is 0. The highest BCUT2D eigenvalue weighted by Gasteiger charge is 2.32. The summed E-state index contributed by atoms with van der Waals surface area (Å²) in [5.41, 5.74) is -0.138. The lowest BCUT2D eigenvalue weighted by Crippen LogP contribution is -2.22. The Morgan fingerprint density at radius 1 is 1.36 bits per heavy atom. The fraction of sp³-hybridized carbons (Fsp3) is 0.214. The first kappa shape index (κ1) is 16.8. The van der Waals surface area contributed by atoms with Gasteiger partial charge in [0.2, 0.25) is 0 Å². The molecular weight excluding hydrogens is 427 g/mol. The number of hydrogen-bond donors (Lipinski definition) is 1. The number of nitrogens with one attached hydrogen (secondary N) is 1. The third-order valence-corrected chi connectivity index (χ3v) is 3.70. The monoisotopic (exact) mass is 435 g/mol. The highest BCUT2D eigenvalue weighted by molar-refractivity contribution is 14.1. The number of aryl methyl sites for hydroxylation is 1. The molecule has 1 aromatic heterocycles. The van der Waals surface area contributed by atoms with Crippen LogP contribution in [0.5, 0.6) is 0 Å². The van der Waals surface area contributed by atoms with Gasteiger partial charge in [0, 0.05) is 33.2 Å². The van der Waals surface area contributed by atoms with Crippen molar-refractivity contribution in [2.45, 2.75) is 16.8 Å². The molecule has 1 aromatic carbocycles. The SMILES string of the molecule is N#Cc1cc(Cl)cc(CCc2c(C(F)(F)I)nc[nH]c2=O)c1. The van der Waals surface area contributed by atoms with Gasteiger partial charge in [-0.1, -0.05) is 11.6 Å². The number of nitriles is 1. The third-order valence-electron chi connectivity index (χ3n) is 2.97. The maximum Gasteiger partial charge on any atom is 0.338 e. The summed E-state index contributed by atoms with van der Waals surface area (Å²) in [5, 5.41) is 9.28. The van der Waals surface area contributed by atoms with E-state index in [2.05, 4.69) is 9.97 Å². The number of aromatic amines is 1. The minimum absolute atomic E-state index is 0.0691. The Morgan fingerprint density at radius 3 is 2.73 bits per heavy atom. The standard InChI is InChI=1S/C14H9ClF2IN3O/c15-10-4-8(3-9(5-10)6-19)1-2-11-12(14(16,17)18)20-7-21-13(11)22/h3-5,7H,1-2H2,(H,20,21,22). The van der Waals surface area contributed by atoms with Crippen LogP contribution in [0.1, 0.15) is 22.4 Å². The molecule has 1 N–H and O–H groups in total. The highest BCUT2D eigenvalue weighted by Crippen LogP contribution is 2.35. The molecule has 0 bridgehead atoms. The third kappa shape index (κ3) is 4.01. The van der Waals surface area contributed by atoms with Crippen molar-refractivity contribution in [1.82, 2.24) is 9.97 Å². The van der Waals surface area contributed by atoms with Gasteiger partial charge in [-0.15, -0.1) is 0 Å². The number of hydrogen-bond acceptors (Lipinski definition) is 3. The first-order chi connectivity index (χ1) is 10.3. The predicted octanol–water partition coefficient (Wildman–Crippen LogP) is 3.56. The number of aromatic nitrogens is 2. The molecule has 0 spiro atoms. The van der Waals surface area contributed by atoms with E-state index in [0.717, 1.165) is 28.9 Å². The summed E-state index contributed by atoms with van der Waals surface area (Å²) in [7, 11) is 0. The summed E-state index contributed by atoms with van der Waals surface area (Å²) in [4.78, 5) is 17.7. The van der Waals surface area contributed by atoms with E-state index in [1.54, 1.807) is 12.1 Å². The van der Waals surface area contributed by atoms with E-state index in [0.29, 0.717) is 22.6 Å². The van der Waals surface area contributed by atoms with Crippen LogP contribution < -0.4 is 5.56 Å². The van der Waals surface area contributed by atoms with Crippen molar-refractivity contribution in [3.8, 4) is 6.07 Å². The second kappa shape index (κ2) is 6.71. The predicted molar refractivity (Wildman–Crippen MR) is 86.3 cm³/mol. The van der Waals surface area contributed by atoms with Crippen molar-refractivity contribution < 1.29 is 8.78 Å². The lowest BCUT2D eigenvalue weighted by atomic mass is 10.0. The Bertz CT molecular complexity index is 796. The first-order valence-electron chi connectivity index (χ1n) is 6.14. The van der Waals surface area contributed by atoms with Gasteiger partial charge in [0.15, 0.2) is 0 Å². The molecule has 2 aromatic rings. The molecule has 0 saturated carbocycles. The zero-order chi connectivity index (χ0) is 16.3. The van der Waals surface area contributed by atoms with Gasteiger partial charge in [0.05, 0.1) is 18.0 Å². The molecule has 0 aliphatic heterocycles. The number of benzene rings is 1. The summed E-state index contributed by atoms with van der Waals surface area (Å²) < 4.78 is 23.8. The molecule has 114 valence electrons. The van der Waals surface area contributed by atoms with Crippen LogP contribution in [-0.4, -0.2) is 9.97 Å². The lowest BCUT2D eigenvalue weighted by molar-refractivity contribution is 0.120. The molecular formula is C14H9ClF2IN3O. The van der Waals surface area contributed by atoms with Gasteiger partial charge in [0.1, 0.15) is 5.69 Å². The van der Waals surface area contributed by atoms with E-state index in [-0.39, 0.29) is 12.0 Å². The molecule has 0 aliphatic rings. The molecule has 1 heterocycles. The Kier molecular flexibility index (Phi) is 5.13. The quantitative estimate of drug-likeness (QED) is 0.590. The van der Waals surface area contributed by atoms with Gasteiger partial charge in [0.25, 0.3) is 5.56 Å². The zero-order valence-corrected chi connectivity index (χ0v) is 14.0. The number of H-pyrrole nitrogens is 1. The molecule has 0 amide bonds. The van der Waals surface area contributed by atoms with E-state index in [1.807, 2.05) is 6.07 Å². The lowest BCUT2D eigenvalue weighted by Gasteiger charge is -2.12. The van der Waals surface area contributed by atoms with Gasteiger partial charge in [-0.25, -0.2) is 4.98 Å². The zero-order valence-electron chi connectivity index (χ0n) is 11.0. The van der Waals surface area contributed by atoms with E-state index < -0.39 is 15.2 Å². The summed E-state index contributed by atoms with van der Waals surface area (Å²) >= 11 is 6.84. The summed E-state index contributed by atoms with van der Waals surface area (Å²) in [6, 6.07) is 6.72. The molecule has 0 aliphatic carbocycles. The molecule has 22 heavy (non-hydrogen) atoms. The average molecular weight is 436 g/mol. The maximum atomic E-state index is 13.5. The fourth-order valence-electron chi connectivity index (χ4n) is 2.03. The Hall–Kier alpha value is -1.53. The summed E-state index contributed by atoms with van der Waals surface area (Å²) in [6.07, 6.45) is 1.33. The van der Waals surface area contributed by atoms with Crippen molar-refractivity contribution in [1.29, 1.82) is 5.26 Å². The molecule has 0 unspecified atom stereocenters. The van der Waals surface area contributed by atoms with Gasteiger partial charge >= 0.3 is 3.93 Å². The van der Waals surface area contributed by atoms with E-state index in [9.17, 15) is 13.6 Å². The van der Waals surface area contributed by atoms with Gasteiger partial charge in [-0.3, -0.25) is 4.79 Å². The van der Waals surface area contributed by atoms with Gasteiger partial charge in [-0.05, 0) is 36.6 Å². The second-order valence-corrected chi connectivity index (χ2v) is 6.31. The Labute approximate surface area is 143 Å². The van der Waals surface area contributed by atoms with Gasteiger partial charge < -0.3 is 4.98 Å². The van der Waals surface area contributed by atoms with Crippen molar-refractivity contribution >= 4 is 34.2 Å². The van der Waals surface area contributed by atoms with Crippen LogP contribution >= 0.6 is 34.2 Å². The second-order valence-electron chi connectivity index (χ2n) is 4.52. The molecule has 0 saturated heterocycles. The van der Waals surface area contributed by atoms with Crippen LogP contribution in [0.2, 0.25) is 5.02 Å². The van der Waals surface area contributed by atoms with Crippen LogP contribution in [0.4, 0.5) is 8.78 Å². The average Bonchev–Trinajstić information content (AvgIpc) is 2.44. The topological polar surface area (TPSA) is 69.5 Å². The minimum atomic E-state index is -3.23. The minimum Gasteiger partial charge on any atom is -0.313 e. The normalized spacial score (nSPS) is 11.2. The van der Waals surface area contributed by atoms with Gasteiger partial charge in [-0.2, -0.15) is 14.0 Å². The maximum absolute atomic E-state index is 13.5. The van der Waals surface area contributed by atoms with Crippen LogP contribution in [0.15, 0.2) is 29.3 Å². The first-order valence-corrected chi connectivity index (χ1v) is 7.60. The van der Waals surface area contributed by atoms with Crippen LogP contribution in [-0.2, 0) is 16.8 Å². The molecule has 0 radical (unpaired) electrons. The molecule has 8 heteroatoms. The summed E-state index contributed by atoms with van der Waals surface area (Å²) in [6.45, 7) is 0. The number of halogens is 4. The van der Waals surface area contributed by atoms with Crippen molar-refractivity contribution in [2.24, 2.45) is 0 Å². The van der Waals surface area contributed by atoms with Crippen LogP contribution in [0, 0.1) is 11.3 Å².